The van der Waals surface area contributed by atoms with Gasteiger partial charge < -0.3 is 10.3 Å². The van der Waals surface area contributed by atoms with Crippen LogP contribution in [0, 0.1) is 0 Å². The van der Waals surface area contributed by atoms with Crippen molar-refractivity contribution in [3.05, 3.63) is 66.0 Å². The lowest BCUT2D eigenvalue weighted by Gasteiger charge is -2.16. The summed E-state index contributed by atoms with van der Waals surface area (Å²) >= 11 is 0. The molecule has 4 heteroatoms. The van der Waals surface area contributed by atoms with E-state index < -0.39 is 0 Å². The molecule has 0 spiro atoms. The van der Waals surface area contributed by atoms with Gasteiger partial charge in [-0.1, -0.05) is 49.4 Å². The maximum Gasteiger partial charge on any atom is 0.220 e. The minimum absolute atomic E-state index is 0.0291. The first-order valence-corrected chi connectivity index (χ1v) is 7.54. The van der Waals surface area contributed by atoms with E-state index in [0.29, 0.717) is 12.8 Å². The van der Waals surface area contributed by atoms with Crippen molar-refractivity contribution in [2.75, 3.05) is 0 Å². The van der Waals surface area contributed by atoms with Gasteiger partial charge >= 0.3 is 0 Å². The molecule has 0 saturated carbocycles. The predicted molar refractivity (Wildman–Crippen MR) is 87.4 cm³/mol. The summed E-state index contributed by atoms with van der Waals surface area (Å²) < 4.78 is 0. The molecule has 0 fully saturated rings. The number of carbonyl (C=O) groups excluding carboxylic acids is 1. The van der Waals surface area contributed by atoms with E-state index in [1.165, 1.54) is 5.56 Å². The summed E-state index contributed by atoms with van der Waals surface area (Å²) in [5.74, 6) is 0.827. The molecular formula is C18H19N3O. The van der Waals surface area contributed by atoms with Crippen LogP contribution in [0.1, 0.15) is 30.8 Å². The van der Waals surface area contributed by atoms with Gasteiger partial charge in [0, 0.05) is 6.42 Å². The van der Waals surface area contributed by atoms with Crippen molar-refractivity contribution in [3.63, 3.8) is 0 Å². The van der Waals surface area contributed by atoms with Gasteiger partial charge in [-0.2, -0.15) is 0 Å². The molecule has 112 valence electrons. The molecule has 0 bridgehead atoms. The molecule has 3 aromatic rings. The quantitative estimate of drug-likeness (QED) is 0.757. The summed E-state index contributed by atoms with van der Waals surface area (Å²) in [4.78, 5) is 19.8. The average molecular weight is 293 g/mol. The maximum atomic E-state index is 11.8. The maximum absolute atomic E-state index is 11.8. The van der Waals surface area contributed by atoms with Crippen molar-refractivity contribution in [2.24, 2.45) is 0 Å². The summed E-state index contributed by atoms with van der Waals surface area (Å²) in [6.45, 7) is 1.85. The van der Waals surface area contributed by atoms with E-state index >= 15 is 0 Å². The largest absolute Gasteiger partial charge is 0.346 e. The number of hydrogen-bond donors (Lipinski definition) is 2. The van der Waals surface area contributed by atoms with Crippen LogP contribution in [0.2, 0.25) is 0 Å². The van der Waals surface area contributed by atoms with Gasteiger partial charge in [0.25, 0.3) is 0 Å². The third kappa shape index (κ3) is 3.17. The number of nitrogens with one attached hydrogen (secondary N) is 2. The van der Waals surface area contributed by atoms with Crippen molar-refractivity contribution in [1.82, 2.24) is 15.3 Å². The molecule has 22 heavy (non-hydrogen) atoms. The Kier molecular flexibility index (Phi) is 4.19. The normalized spacial score (nSPS) is 12.2. The Morgan fingerprint density at radius 2 is 1.86 bits per heavy atom. The van der Waals surface area contributed by atoms with Gasteiger partial charge in [-0.25, -0.2) is 4.98 Å². The molecule has 0 saturated heterocycles. The Balaban J connectivity index is 1.91. The van der Waals surface area contributed by atoms with Gasteiger partial charge in [0.2, 0.25) is 5.91 Å². The summed E-state index contributed by atoms with van der Waals surface area (Å²) in [7, 11) is 0. The minimum Gasteiger partial charge on any atom is -0.346 e. The number of hydrogen-bond acceptors (Lipinski definition) is 2. The smallest absolute Gasteiger partial charge is 0.220 e. The number of fused-ring (bicyclic) bond motifs is 1. The number of H-pyrrole nitrogens is 1. The van der Waals surface area contributed by atoms with Crippen molar-refractivity contribution >= 4 is 16.9 Å². The van der Waals surface area contributed by atoms with Crippen molar-refractivity contribution in [1.29, 1.82) is 0 Å². The summed E-state index contributed by atoms with van der Waals surface area (Å²) in [6, 6.07) is 17.9. The molecule has 1 aromatic heterocycles. The van der Waals surface area contributed by atoms with Gasteiger partial charge in [0.1, 0.15) is 5.82 Å². The zero-order chi connectivity index (χ0) is 15.4. The van der Waals surface area contributed by atoms with E-state index in [9.17, 15) is 4.79 Å². The van der Waals surface area contributed by atoms with Crippen LogP contribution in [-0.2, 0) is 11.2 Å². The van der Waals surface area contributed by atoms with Crippen LogP contribution < -0.4 is 5.32 Å². The highest BCUT2D eigenvalue weighted by Crippen LogP contribution is 2.20. The van der Waals surface area contributed by atoms with E-state index in [4.69, 9.17) is 0 Å². The van der Waals surface area contributed by atoms with E-state index in [0.717, 1.165) is 16.9 Å². The van der Waals surface area contributed by atoms with Crippen LogP contribution in [0.3, 0.4) is 0 Å². The number of imidazole rings is 1. The van der Waals surface area contributed by atoms with Crippen LogP contribution in [0.25, 0.3) is 11.0 Å². The van der Waals surface area contributed by atoms with Gasteiger partial charge in [0.15, 0.2) is 0 Å². The Morgan fingerprint density at radius 3 is 2.59 bits per heavy atom. The summed E-state index contributed by atoms with van der Waals surface area (Å²) in [6.07, 6.45) is 1.18. The summed E-state index contributed by atoms with van der Waals surface area (Å²) in [5, 5.41) is 3.06. The van der Waals surface area contributed by atoms with Crippen LogP contribution in [-0.4, -0.2) is 15.9 Å². The zero-order valence-electron chi connectivity index (χ0n) is 12.5. The highest BCUT2D eigenvalue weighted by Gasteiger charge is 2.18. The van der Waals surface area contributed by atoms with Crippen molar-refractivity contribution < 1.29 is 4.79 Å². The molecule has 1 amide bonds. The zero-order valence-corrected chi connectivity index (χ0v) is 12.5. The van der Waals surface area contributed by atoms with Gasteiger partial charge in [-0.3, -0.25) is 4.79 Å². The lowest BCUT2D eigenvalue weighted by molar-refractivity contribution is -0.121. The van der Waals surface area contributed by atoms with Crippen LogP contribution in [0.5, 0.6) is 0 Å². The number of amides is 1. The number of para-hydroxylation sites is 2. The second kappa shape index (κ2) is 6.43. The highest BCUT2D eigenvalue weighted by molar-refractivity contribution is 5.77. The molecule has 2 aromatic carbocycles. The van der Waals surface area contributed by atoms with Crippen molar-refractivity contribution in [2.45, 2.75) is 25.8 Å². The van der Waals surface area contributed by atoms with Crippen LogP contribution >= 0.6 is 0 Å². The Hall–Kier alpha value is -2.62. The Labute approximate surface area is 129 Å². The number of benzene rings is 2. The molecule has 3 rings (SSSR count). The molecule has 0 aliphatic rings. The first kappa shape index (κ1) is 14.3. The lowest BCUT2D eigenvalue weighted by atomic mass is 10.1. The SMILES string of the molecule is CCC(=O)N[C@@H](Cc1ccccc1)c1nc2ccccc2[nH]1. The fourth-order valence-electron chi connectivity index (χ4n) is 2.50. The monoisotopic (exact) mass is 293 g/mol. The lowest BCUT2D eigenvalue weighted by Crippen LogP contribution is -2.30. The third-order valence-electron chi connectivity index (χ3n) is 3.68. The van der Waals surface area contributed by atoms with E-state index in [1.807, 2.05) is 49.4 Å². The minimum atomic E-state index is -0.151. The molecule has 2 N–H and O–H groups in total. The van der Waals surface area contributed by atoms with Crippen LogP contribution in [0.15, 0.2) is 54.6 Å². The highest BCUT2D eigenvalue weighted by atomic mass is 16.1. The molecule has 0 aliphatic carbocycles. The first-order valence-electron chi connectivity index (χ1n) is 7.54. The fourth-order valence-corrected chi connectivity index (χ4v) is 2.50. The van der Waals surface area contributed by atoms with Gasteiger partial charge in [0.05, 0.1) is 17.1 Å². The third-order valence-corrected chi connectivity index (χ3v) is 3.68. The number of aromatic nitrogens is 2. The Morgan fingerprint density at radius 1 is 1.14 bits per heavy atom. The van der Waals surface area contributed by atoms with E-state index in [1.54, 1.807) is 0 Å². The molecule has 0 radical (unpaired) electrons. The number of nitrogens with zero attached hydrogens (tertiary/aromatic N) is 1. The summed E-state index contributed by atoms with van der Waals surface area (Å²) in [5.41, 5.74) is 3.08. The first-order chi connectivity index (χ1) is 10.8. The molecule has 0 aliphatic heterocycles. The molecule has 1 atom stereocenters. The number of rotatable bonds is 5. The second-order valence-corrected chi connectivity index (χ2v) is 5.30. The van der Waals surface area contributed by atoms with Crippen LogP contribution in [0.4, 0.5) is 0 Å². The molecule has 4 nitrogen and oxygen atoms in total. The number of carbonyl (C=O) groups is 1. The molecule has 1 heterocycles. The second-order valence-electron chi connectivity index (χ2n) is 5.30. The van der Waals surface area contributed by atoms with Crippen molar-refractivity contribution in [3.8, 4) is 0 Å². The Bertz CT molecular complexity index is 731. The van der Waals surface area contributed by atoms with E-state index in [-0.39, 0.29) is 11.9 Å². The standard InChI is InChI=1S/C18H19N3O/c1-2-17(22)19-16(12-13-8-4-3-5-9-13)18-20-14-10-6-7-11-15(14)21-18/h3-11,16H,2,12H2,1H3,(H,19,22)(H,20,21)/t16-/m0/s1. The van der Waals surface area contributed by atoms with Gasteiger partial charge in [-0.15, -0.1) is 0 Å². The number of aromatic amines is 1. The average Bonchev–Trinajstić information content (AvgIpc) is 2.99. The van der Waals surface area contributed by atoms with Gasteiger partial charge in [-0.05, 0) is 24.1 Å². The molecule has 0 unspecified atom stereocenters. The topological polar surface area (TPSA) is 57.8 Å². The van der Waals surface area contributed by atoms with E-state index in [2.05, 4.69) is 27.4 Å². The molecular weight excluding hydrogens is 274 g/mol. The fraction of sp³-hybridized carbons (Fsp3) is 0.222. The predicted octanol–water partition coefficient (Wildman–Crippen LogP) is 3.37.